The van der Waals surface area contributed by atoms with E-state index in [2.05, 4.69) is 21.9 Å². The van der Waals surface area contributed by atoms with E-state index in [1.807, 2.05) is 13.1 Å². The maximum Gasteiger partial charge on any atom is 0.319 e. The van der Waals surface area contributed by atoms with Crippen LogP contribution in [0.4, 0.5) is 16.2 Å². The van der Waals surface area contributed by atoms with Crippen LogP contribution >= 0.6 is 0 Å². The number of rotatable bonds is 4. The van der Waals surface area contributed by atoms with Gasteiger partial charge in [0.25, 0.3) is 11.8 Å². The Morgan fingerprint density at radius 1 is 0.865 bits per heavy atom. The number of primary amides is 1. The number of carbonyl (C=O) groups excluding carboxylic acids is 4. The third kappa shape index (κ3) is 4.01. The summed E-state index contributed by atoms with van der Waals surface area (Å²) in [5, 5.41) is 23.9. The van der Waals surface area contributed by atoms with Crippen LogP contribution in [0.2, 0.25) is 0 Å². The van der Waals surface area contributed by atoms with Gasteiger partial charge in [0, 0.05) is 54.3 Å². The van der Waals surface area contributed by atoms with Gasteiger partial charge in [-0.25, -0.2) is 4.79 Å². The van der Waals surface area contributed by atoms with E-state index < -0.39 is 11.9 Å². The molecule has 0 radical (unpaired) electrons. The number of nitrogens with one attached hydrogen (secondary N) is 3. The number of H-pyrrole nitrogens is 3. The van der Waals surface area contributed by atoms with Crippen LogP contribution in [0.3, 0.4) is 0 Å². The molecule has 2 aromatic carbocycles. The largest absolute Gasteiger partial charge is 0.503 e. The lowest BCUT2D eigenvalue weighted by molar-refractivity contribution is 0.0813. The summed E-state index contributed by atoms with van der Waals surface area (Å²) in [6.07, 6.45) is 4.16. The molecule has 266 valence electrons. The zero-order valence-corrected chi connectivity index (χ0v) is 28.8. The van der Waals surface area contributed by atoms with E-state index in [1.54, 1.807) is 23.1 Å². The second kappa shape index (κ2) is 10.8. The Labute approximate surface area is 295 Å². The number of methoxy groups -OCH3 is 2. The topological polar surface area (TPSA) is 210 Å². The van der Waals surface area contributed by atoms with Crippen LogP contribution in [0.1, 0.15) is 66.6 Å². The molecule has 7 N–H and O–H groups in total. The SMILES string of the molecule is COc1c(O)c2c(c3cc(C(=O)N4CCc5c4c(O)c(OC)c4[nH]c(C(=O)N6CC(C)C7C6=CC(=O)c6[nH]cc(C)c67)cc54)[nH]c13)CCN2C(N)=O. The van der Waals surface area contributed by atoms with E-state index in [0.717, 1.165) is 11.1 Å². The highest BCUT2D eigenvalue weighted by molar-refractivity contribution is 6.15. The summed E-state index contributed by atoms with van der Waals surface area (Å²) in [7, 11) is 2.78. The molecule has 6 heterocycles. The summed E-state index contributed by atoms with van der Waals surface area (Å²) >= 11 is 0. The van der Waals surface area contributed by atoms with Gasteiger partial charge < -0.3 is 50.2 Å². The van der Waals surface area contributed by atoms with Crippen molar-refractivity contribution in [2.45, 2.75) is 32.6 Å². The molecule has 15 nitrogen and oxygen atoms in total. The first-order valence-electron chi connectivity index (χ1n) is 17.0. The van der Waals surface area contributed by atoms with Crippen LogP contribution in [0.25, 0.3) is 21.8 Å². The van der Waals surface area contributed by atoms with Gasteiger partial charge in [-0.1, -0.05) is 6.92 Å². The number of anilines is 2. The van der Waals surface area contributed by atoms with Crippen molar-refractivity contribution in [1.82, 2.24) is 19.9 Å². The number of hydrogen-bond acceptors (Lipinski definition) is 8. The Kier molecular flexibility index (Phi) is 6.57. The molecule has 3 aliphatic heterocycles. The van der Waals surface area contributed by atoms with E-state index in [9.17, 15) is 29.4 Å². The smallest absolute Gasteiger partial charge is 0.319 e. The zero-order chi connectivity index (χ0) is 36.5. The van der Waals surface area contributed by atoms with Crippen LogP contribution in [-0.2, 0) is 12.8 Å². The molecule has 2 atom stereocenters. The number of allylic oxidation sites excluding steroid dienone is 2. The van der Waals surface area contributed by atoms with Crippen molar-refractivity contribution in [2.75, 3.05) is 43.7 Å². The zero-order valence-electron chi connectivity index (χ0n) is 28.8. The fourth-order valence-electron chi connectivity index (χ4n) is 8.94. The predicted molar refractivity (Wildman–Crippen MR) is 190 cm³/mol. The lowest BCUT2D eigenvalue weighted by atomic mass is 9.82. The number of amides is 4. The van der Waals surface area contributed by atoms with Gasteiger partial charge in [-0.2, -0.15) is 0 Å². The lowest BCUT2D eigenvalue weighted by Gasteiger charge is -2.24. The first kappa shape index (κ1) is 31.6. The predicted octanol–water partition coefficient (Wildman–Crippen LogP) is 4.31. The molecule has 9 rings (SSSR count). The summed E-state index contributed by atoms with van der Waals surface area (Å²) < 4.78 is 11.2. The van der Waals surface area contributed by atoms with Crippen molar-refractivity contribution >= 4 is 56.8 Å². The van der Waals surface area contributed by atoms with Gasteiger partial charge in [-0.15, -0.1) is 0 Å². The molecule has 15 heteroatoms. The van der Waals surface area contributed by atoms with E-state index in [0.29, 0.717) is 63.7 Å². The molecule has 1 aliphatic carbocycles. The average molecular weight is 706 g/mol. The molecule has 4 aliphatic rings. The highest BCUT2D eigenvalue weighted by Crippen LogP contribution is 2.52. The Morgan fingerprint density at radius 3 is 1.96 bits per heavy atom. The van der Waals surface area contributed by atoms with Crippen LogP contribution < -0.4 is 25.0 Å². The molecule has 0 bridgehead atoms. The Morgan fingerprint density at radius 2 is 1.40 bits per heavy atom. The van der Waals surface area contributed by atoms with Crippen LogP contribution in [0.5, 0.6) is 23.0 Å². The molecule has 2 unspecified atom stereocenters. The molecular weight excluding hydrogens is 670 g/mol. The minimum absolute atomic E-state index is 0.0641. The summed E-state index contributed by atoms with van der Waals surface area (Å²) in [6, 6.07) is 2.65. The molecule has 0 spiro atoms. The van der Waals surface area contributed by atoms with Crippen LogP contribution in [0, 0.1) is 12.8 Å². The van der Waals surface area contributed by atoms with E-state index in [4.69, 9.17) is 15.2 Å². The number of ether oxygens (including phenoxy) is 2. The number of ketones is 1. The maximum atomic E-state index is 14.2. The summed E-state index contributed by atoms with van der Waals surface area (Å²) in [4.78, 5) is 67.4. The standard InChI is InChI=1S/C37H35N7O8/c1-14-12-39-28-23(45)11-22-24(25(14)28)15(2)13-44(22)36(49)21-10-18-16-5-7-42(29(16)31(46)33(51-3)26(18)41-21)35(48)20-9-19-17-6-8-43(37(38)50)30(17)32(47)34(52-4)27(19)40-20/h9-12,15,24,39-41,46-47H,5-8,13H2,1-4H3,(H2,38,50). The number of aryl methyl sites for hydroxylation is 1. The number of likely N-dealkylation sites (tertiary alicyclic amines) is 1. The maximum absolute atomic E-state index is 14.2. The van der Waals surface area contributed by atoms with Gasteiger partial charge in [0.05, 0.1) is 42.3 Å². The average Bonchev–Trinajstić information content (AvgIpc) is 3.96. The molecule has 3 aromatic heterocycles. The highest BCUT2D eigenvalue weighted by Gasteiger charge is 2.45. The van der Waals surface area contributed by atoms with Gasteiger partial charge in [0.2, 0.25) is 5.78 Å². The third-order valence-electron chi connectivity index (χ3n) is 11.2. The van der Waals surface area contributed by atoms with E-state index >= 15 is 0 Å². The van der Waals surface area contributed by atoms with Crippen molar-refractivity contribution in [1.29, 1.82) is 0 Å². The van der Waals surface area contributed by atoms with Gasteiger partial charge in [-0.3, -0.25) is 19.3 Å². The number of nitrogens with two attached hydrogens (primary N) is 1. The number of benzene rings is 2. The fraction of sp³-hybridized carbons (Fsp3) is 0.297. The number of aromatic nitrogens is 3. The molecule has 0 saturated carbocycles. The molecule has 52 heavy (non-hydrogen) atoms. The normalized spacial score (nSPS) is 18.9. The van der Waals surface area contributed by atoms with Crippen LogP contribution in [0.15, 0.2) is 30.1 Å². The van der Waals surface area contributed by atoms with Crippen molar-refractivity contribution in [2.24, 2.45) is 11.7 Å². The van der Waals surface area contributed by atoms with Crippen LogP contribution in [-0.4, -0.2) is 87.5 Å². The van der Waals surface area contributed by atoms with Crippen molar-refractivity contribution in [3.05, 3.63) is 69.4 Å². The number of hydrogen-bond donors (Lipinski definition) is 6. The van der Waals surface area contributed by atoms with Gasteiger partial charge in [-0.05, 0) is 60.1 Å². The molecule has 1 fully saturated rings. The lowest BCUT2D eigenvalue weighted by Crippen LogP contribution is -2.34. The Bertz CT molecular complexity index is 2500. The first-order chi connectivity index (χ1) is 24.9. The quantitative estimate of drug-likeness (QED) is 0.158. The first-order valence-corrected chi connectivity index (χ1v) is 17.0. The third-order valence-corrected chi connectivity index (χ3v) is 11.2. The molecule has 1 saturated heterocycles. The highest BCUT2D eigenvalue weighted by atomic mass is 16.5. The number of aromatic hydroxyl groups is 2. The molecule has 5 aromatic rings. The van der Waals surface area contributed by atoms with Crippen molar-refractivity contribution in [3.63, 3.8) is 0 Å². The Balaban J connectivity index is 1.10. The van der Waals surface area contributed by atoms with Gasteiger partial charge >= 0.3 is 6.03 Å². The summed E-state index contributed by atoms with van der Waals surface area (Å²) in [6.45, 7) is 4.93. The minimum Gasteiger partial charge on any atom is -0.503 e. The molecule has 4 amide bonds. The number of phenolic OH excluding ortho intramolecular Hbond substituents is 2. The number of carbonyl (C=O) groups is 4. The number of urea groups is 1. The minimum atomic E-state index is -0.716. The van der Waals surface area contributed by atoms with Crippen molar-refractivity contribution < 1.29 is 38.9 Å². The second-order valence-corrected chi connectivity index (χ2v) is 13.9. The molecular formula is C37H35N7O8. The van der Waals surface area contributed by atoms with Gasteiger partial charge in [0.15, 0.2) is 23.0 Å². The number of aromatic amines is 3. The summed E-state index contributed by atoms with van der Waals surface area (Å²) in [5.41, 5.74) is 11.7. The van der Waals surface area contributed by atoms with Gasteiger partial charge in [0.1, 0.15) is 11.4 Å². The number of nitrogens with zero attached hydrogens (tertiary/aromatic N) is 3. The van der Waals surface area contributed by atoms with E-state index in [1.165, 1.54) is 24.0 Å². The van der Waals surface area contributed by atoms with E-state index in [-0.39, 0.29) is 82.4 Å². The summed E-state index contributed by atoms with van der Waals surface area (Å²) in [5.74, 6) is -1.36. The number of phenols is 2. The van der Waals surface area contributed by atoms with Crippen molar-refractivity contribution in [3.8, 4) is 23.0 Å². The number of fused-ring (bicyclic) bond motifs is 9. The second-order valence-electron chi connectivity index (χ2n) is 13.9. The Hall–Kier alpha value is -6.38. The monoisotopic (exact) mass is 705 g/mol. The fourth-order valence-corrected chi connectivity index (χ4v) is 8.94.